The Morgan fingerprint density at radius 3 is 2.75 bits per heavy atom. The van der Waals surface area contributed by atoms with Gasteiger partial charge in [0.2, 0.25) is 0 Å². The second-order valence-electron chi connectivity index (χ2n) is 5.73. The summed E-state index contributed by atoms with van der Waals surface area (Å²) in [5.41, 5.74) is 3.94. The Morgan fingerprint density at radius 1 is 1.17 bits per heavy atom. The van der Waals surface area contributed by atoms with E-state index in [0.717, 1.165) is 41.7 Å². The molecule has 0 bridgehead atoms. The maximum absolute atomic E-state index is 9.98. The van der Waals surface area contributed by atoms with Gasteiger partial charge in [-0.3, -0.25) is 10.8 Å². The summed E-state index contributed by atoms with van der Waals surface area (Å²) in [6.45, 7) is 0.243. The van der Waals surface area contributed by atoms with Gasteiger partial charge in [-0.05, 0) is 54.7 Å². The average molecular weight is 325 g/mol. The number of oxime groups is 1. The standard InChI is InChI=1S/C18H19N3O3/c1-23-18-8-12-3-2-4-16(13(12)9-17(18)22)21-24-10-11-5-6-14(19)15(20)7-11/h5-9,19-20,22H,2-4,10H2,1H3/b19-14?,20-15?,21-16+. The largest absolute Gasteiger partial charge is 0.504 e. The lowest BCUT2D eigenvalue weighted by Crippen LogP contribution is -2.14. The molecule has 6 nitrogen and oxygen atoms in total. The zero-order chi connectivity index (χ0) is 17.1. The SMILES string of the molecule is COc1cc2c(cc1O)/C(=N/OCC1=CC(=N)C(=N)C=C1)CCC2. The minimum Gasteiger partial charge on any atom is -0.504 e. The molecule has 1 aromatic rings. The summed E-state index contributed by atoms with van der Waals surface area (Å²) < 4.78 is 5.15. The third-order valence-corrected chi connectivity index (χ3v) is 4.07. The molecule has 0 unspecified atom stereocenters. The number of phenolic OH excluding ortho intramolecular Hbond substituents is 1. The molecule has 6 heteroatoms. The van der Waals surface area contributed by atoms with E-state index in [2.05, 4.69) is 5.16 Å². The molecule has 0 atom stereocenters. The molecule has 0 heterocycles. The highest BCUT2D eigenvalue weighted by molar-refractivity contribution is 6.49. The van der Waals surface area contributed by atoms with Gasteiger partial charge in [-0.25, -0.2) is 0 Å². The van der Waals surface area contributed by atoms with Crippen LogP contribution in [0.25, 0.3) is 0 Å². The van der Waals surface area contributed by atoms with E-state index in [9.17, 15) is 5.11 Å². The molecule has 0 spiro atoms. The summed E-state index contributed by atoms with van der Waals surface area (Å²) in [6, 6.07) is 3.52. The summed E-state index contributed by atoms with van der Waals surface area (Å²) in [5.74, 6) is 0.560. The lowest BCUT2D eigenvalue weighted by atomic mass is 9.89. The maximum Gasteiger partial charge on any atom is 0.160 e. The fourth-order valence-corrected chi connectivity index (χ4v) is 2.79. The third kappa shape index (κ3) is 3.22. The Morgan fingerprint density at radius 2 is 2.00 bits per heavy atom. The summed E-state index contributed by atoms with van der Waals surface area (Å²) in [4.78, 5) is 5.44. The van der Waals surface area contributed by atoms with Crippen molar-refractivity contribution in [1.82, 2.24) is 0 Å². The molecule has 3 N–H and O–H groups in total. The van der Waals surface area contributed by atoms with Crippen molar-refractivity contribution >= 4 is 17.1 Å². The van der Waals surface area contributed by atoms with Crippen LogP contribution in [0.15, 0.2) is 41.1 Å². The topological polar surface area (TPSA) is 98.8 Å². The molecule has 2 aliphatic carbocycles. The number of aryl methyl sites for hydroxylation is 1. The first-order valence-electron chi connectivity index (χ1n) is 7.73. The van der Waals surface area contributed by atoms with Crippen molar-refractivity contribution in [2.75, 3.05) is 13.7 Å². The van der Waals surface area contributed by atoms with Crippen LogP contribution in [-0.2, 0) is 11.3 Å². The normalized spacial score (nSPS) is 18.4. The molecule has 1 aromatic carbocycles. The first-order chi connectivity index (χ1) is 11.6. The zero-order valence-electron chi connectivity index (χ0n) is 13.4. The van der Waals surface area contributed by atoms with E-state index in [0.29, 0.717) is 5.75 Å². The molecule has 2 aliphatic rings. The molecule has 0 saturated heterocycles. The highest BCUT2D eigenvalue weighted by Gasteiger charge is 2.19. The Hall–Kier alpha value is -2.89. The number of methoxy groups -OCH3 is 1. The molecule has 0 saturated carbocycles. The second-order valence-corrected chi connectivity index (χ2v) is 5.73. The van der Waals surface area contributed by atoms with Crippen LogP contribution < -0.4 is 4.74 Å². The average Bonchev–Trinajstić information content (AvgIpc) is 2.58. The third-order valence-electron chi connectivity index (χ3n) is 4.07. The van der Waals surface area contributed by atoms with Crippen LogP contribution in [-0.4, -0.2) is 36.0 Å². The quantitative estimate of drug-likeness (QED) is 0.586. The van der Waals surface area contributed by atoms with Gasteiger partial charge < -0.3 is 14.7 Å². The second kappa shape index (κ2) is 6.70. The monoisotopic (exact) mass is 325 g/mol. The van der Waals surface area contributed by atoms with Gasteiger partial charge in [0, 0.05) is 5.56 Å². The molecule has 0 fully saturated rings. The molecular weight excluding hydrogens is 306 g/mol. The van der Waals surface area contributed by atoms with E-state index in [4.69, 9.17) is 20.4 Å². The number of allylic oxidation sites excluding steroid dienone is 2. The van der Waals surface area contributed by atoms with Crippen LogP contribution in [0.4, 0.5) is 0 Å². The summed E-state index contributed by atoms with van der Waals surface area (Å²) >= 11 is 0. The Bertz CT molecular complexity index is 791. The van der Waals surface area contributed by atoms with E-state index < -0.39 is 0 Å². The maximum atomic E-state index is 9.98. The van der Waals surface area contributed by atoms with Crippen molar-refractivity contribution < 1.29 is 14.7 Å². The lowest BCUT2D eigenvalue weighted by molar-refractivity contribution is 0.169. The molecule has 0 amide bonds. The molecular formula is C18H19N3O3. The minimum absolute atomic E-state index is 0.0933. The number of nitrogens with one attached hydrogen (secondary N) is 2. The highest BCUT2D eigenvalue weighted by Crippen LogP contribution is 2.33. The van der Waals surface area contributed by atoms with Gasteiger partial charge in [0.15, 0.2) is 11.5 Å². The van der Waals surface area contributed by atoms with E-state index >= 15 is 0 Å². The van der Waals surface area contributed by atoms with Crippen molar-refractivity contribution in [2.24, 2.45) is 5.16 Å². The number of hydrogen-bond acceptors (Lipinski definition) is 6. The Kier molecular flexibility index (Phi) is 4.46. The number of fused-ring (bicyclic) bond motifs is 1. The van der Waals surface area contributed by atoms with Crippen LogP contribution in [0.5, 0.6) is 11.5 Å². The van der Waals surface area contributed by atoms with Gasteiger partial charge in [0.05, 0.1) is 24.2 Å². The smallest absolute Gasteiger partial charge is 0.160 e. The molecule has 0 aliphatic heterocycles. The van der Waals surface area contributed by atoms with Crippen molar-refractivity contribution in [2.45, 2.75) is 19.3 Å². The number of phenols is 1. The van der Waals surface area contributed by atoms with Gasteiger partial charge in [-0.15, -0.1) is 0 Å². The molecule has 124 valence electrons. The number of hydrogen-bond donors (Lipinski definition) is 3. The Balaban J connectivity index is 1.75. The van der Waals surface area contributed by atoms with Gasteiger partial charge in [0.25, 0.3) is 0 Å². The predicted octanol–water partition coefficient (Wildman–Crippen LogP) is 2.99. The summed E-state index contributed by atoms with van der Waals surface area (Å²) in [5, 5.41) is 29.3. The summed E-state index contributed by atoms with van der Waals surface area (Å²) in [7, 11) is 1.53. The van der Waals surface area contributed by atoms with Crippen LogP contribution in [0.2, 0.25) is 0 Å². The molecule has 3 rings (SSSR count). The highest BCUT2D eigenvalue weighted by atomic mass is 16.6. The van der Waals surface area contributed by atoms with Crippen molar-refractivity contribution in [1.29, 1.82) is 10.8 Å². The van der Waals surface area contributed by atoms with E-state index in [1.54, 1.807) is 24.3 Å². The number of aromatic hydroxyl groups is 1. The van der Waals surface area contributed by atoms with Crippen LogP contribution >= 0.6 is 0 Å². The van der Waals surface area contributed by atoms with E-state index in [1.807, 2.05) is 6.07 Å². The van der Waals surface area contributed by atoms with Gasteiger partial charge in [-0.2, -0.15) is 0 Å². The minimum atomic E-state index is 0.0933. The molecule has 24 heavy (non-hydrogen) atoms. The fraction of sp³-hybridized carbons (Fsp3) is 0.278. The zero-order valence-corrected chi connectivity index (χ0v) is 13.4. The van der Waals surface area contributed by atoms with Gasteiger partial charge >= 0.3 is 0 Å². The number of rotatable bonds is 4. The van der Waals surface area contributed by atoms with Crippen LogP contribution in [0.1, 0.15) is 24.0 Å². The van der Waals surface area contributed by atoms with Crippen molar-refractivity contribution in [3.8, 4) is 11.5 Å². The first-order valence-corrected chi connectivity index (χ1v) is 7.73. The lowest BCUT2D eigenvalue weighted by Gasteiger charge is -2.19. The van der Waals surface area contributed by atoms with Crippen LogP contribution in [0.3, 0.4) is 0 Å². The van der Waals surface area contributed by atoms with Gasteiger partial charge in [0.1, 0.15) is 6.61 Å². The van der Waals surface area contributed by atoms with E-state index in [-0.39, 0.29) is 23.8 Å². The van der Waals surface area contributed by atoms with Gasteiger partial charge in [-0.1, -0.05) is 11.2 Å². The number of ether oxygens (including phenoxy) is 1. The fourth-order valence-electron chi connectivity index (χ4n) is 2.79. The molecule has 0 radical (unpaired) electrons. The summed E-state index contributed by atoms with van der Waals surface area (Å²) in [6.07, 6.45) is 7.61. The first kappa shape index (κ1) is 16.0. The number of nitrogens with zero attached hydrogens (tertiary/aromatic N) is 1. The van der Waals surface area contributed by atoms with Crippen molar-refractivity contribution in [3.05, 3.63) is 47.1 Å². The Labute approximate surface area is 140 Å². The van der Waals surface area contributed by atoms with Crippen molar-refractivity contribution in [3.63, 3.8) is 0 Å². The predicted molar refractivity (Wildman–Crippen MR) is 92.8 cm³/mol. The van der Waals surface area contributed by atoms with E-state index in [1.165, 1.54) is 7.11 Å². The molecule has 0 aromatic heterocycles. The van der Waals surface area contributed by atoms with Crippen LogP contribution in [0, 0.1) is 10.8 Å². The number of benzene rings is 1.